The normalized spacial score (nSPS) is 20.1. The molecule has 150 valence electrons. The number of aromatic nitrogens is 2. The third kappa shape index (κ3) is 2.64. The lowest BCUT2D eigenvalue weighted by Gasteiger charge is -2.31. The zero-order valence-corrected chi connectivity index (χ0v) is 16.2. The molecule has 0 aliphatic carbocycles. The second-order valence-electron chi connectivity index (χ2n) is 7.23. The van der Waals surface area contributed by atoms with Crippen LogP contribution in [0.25, 0.3) is 0 Å². The molecular weight excluding hydrogens is 387 g/mol. The smallest absolute Gasteiger partial charge is 0.267 e. The molecule has 8 heteroatoms. The largest absolute Gasteiger partial charge is 0.463 e. The first-order valence-corrected chi connectivity index (χ1v) is 9.45. The second-order valence-corrected chi connectivity index (χ2v) is 7.23. The molecule has 2 aliphatic rings. The number of ether oxygens (including phenoxy) is 1. The van der Waals surface area contributed by atoms with Crippen molar-refractivity contribution in [2.45, 2.75) is 19.1 Å². The van der Waals surface area contributed by atoms with Gasteiger partial charge in [-0.1, -0.05) is 24.3 Å². The molecule has 2 atom stereocenters. The van der Waals surface area contributed by atoms with Crippen LogP contribution in [0, 0.1) is 5.95 Å². The van der Waals surface area contributed by atoms with Gasteiger partial charge in [-0.25, -0.2) is 4.98 Å². The molecule has 2 aromatic heterocycles. The number of nitrogens with zero attached hydrogens (tertiary/aromatic N) is 4. The highest BCUT2D eigenvalue weighted by Crippen LogP contribution is 2.42. The number of amides is 2. The summed E-state index contributed by atoms with van der Waals surface area (Å²) >= 11 is 0. The van der Waals surface area contributed by atoms with E-state index in [1.165, 1.54) is 17.2 Å². The Labute approximate surface area is 171 Å². The first-order valence-electron chi connectivity index (χ1n) is 9.45. The molecule has 3 aromatic rings. The Morgan fingerprint density at radius 2 is 1.87 bits per heavy atom. The van der Waals surface area contributed by atoms with Crippen LogP contribution in [0.5, 0.6) is 5.88 Å². The highest BCUT2D eigenvalue weighted by molar-refractivity contribution is 6.11. The zero-order chi connectivity index (χ0) is 21.0. The first-order chi connectivity index (χ1) is 14.5. The lowest BCUT2D eigenvalue weighted by atomic mass is 9.99. The van der Waals surface area contributed by atoms with Crippen molar-refractivity contribution in [3.05, 3.63) is 77.4 Å². The van der Waals surface area contributed by atoms with Gasteiger partial charge >= 0.3 is 0 Å². The molecule has 4 heterocycles. The Morgan fingerprint density at radius 1 is 1.07 bits per heavy atom. The van der Waals surface area contributed by atoms with E-state index in [0.29, 0.717) is 22.6 Å². The molecule has 0 saturated heterocycles. The minimum Gasteiger partial charge on any atom is -0.463 e. The Morgan fingerprint density at radius 3 is 2.63 bits per heavy atom. The summed E-state index contributed by atoms with van der Waals surface area (Å²) in [7, 11) is 1.66. The van der Waals surface area contributed by atoms with Crippen LogP contribution in [-0.2, 0) is 4.79 Å². The van der Waals surface area contributed by atoms with Gasteiger partial charge in [0.25, 0.3) is 11.8 Å². The molecular formula is C22H17FN4O3. The summed E-state index contributed by atoms with van der Waals surface area (Å²) in [6.45, 7) is 1.65. The Kier molecular flexibility index (Phi) is 4.02. The fraction of sp³-hybridized carbons (Fsp3) is 0.182. The van der Waals surface area contributed by atoms with E-state index in [2.05, 4.69) is 9.97 Å². The molecule has 0 bridgehead atoms. The molecule has 2 unspecified atom stereocenters. The molecule has 0 N–H and O–H groups in total. The third-order valence-electron chi connectivity index (χ3n) is 5.43. The number of halogens is 1. The molecule has 2 amide bonds. The topological polar surface area (TPSA) is 75.6 Å². The highest BCUT2D eigenvalue weighted by atomic mass is 19.1. The van der Waals surface area contributed by atoms with Gasteiger partial charge in [-0.2, -0.15) is 9.37 Å². The molecule has 5 rings (SSSR count). The third-order valence-corrected chi connectivity index (χ3v) is 5.43. The van der Waals surface area contributed by atoms with E-state index in [0.717, 1.165) is 5.56 Å². The number of carbonyl (C=O) groups excluding carboxylic acids is 2. The molecule has 0 saturated carbocycles. The number of fused-ring (bicyclic) bond motifs is 2. The van der Waals surface area contributed by atoms with Crippen molar-refractivity contribution < 1.29 is 18.7 Å². The molecule has 2 aliphatic heterocycles. The predicted octanol–water partition coefficient (Wildman–Crippen LogP) is 3.11. The fourth-order valence-electron chi connectivity index (χ4n) is 3.94. The summed E-state index contributed by atoms with van der Waals surface area (Å²) in [4.78, 5) is 36.8. The number of pyridine rings is 2. The minimum absolute atomic E-state index is 0.169. The van der Waals surface area contributed by atoms with Crippen molar-refractivity contribution in [1.29, 1.82) is 0 Å². The van der Waals surface area contributed by atoms with Gasteiger partial charge in [-0.05, 0) is 42.3 Å². The van der Waals surface area contributed by atoms with Gasteiger partial charge < -0.3 is 9.64 Å². The summed E-state index contributed by atoms with van der Waals surface area (Å²) in [6, 6.07) is 13.0. The monoisotopic (exact) mass is 404 g/mol. The number of anilines is 2. The maximum Gasteiger partial charge on any atom is 0.267 e. The number of hydrogen-bond donors (Lipinski definition) is 0. The molecule has 0 spiro atoms. The maximum atomic E-state index is 13.4. The van der Waals surface area contributed by atoms with Crippen LogP contribution in [0.4, 0.5) is 15.9 Å². The van der Waals surface area contributed by atoms with E-state index in [1.54, 1.807) is 49.2 Å². The maximum absolute atomic E-state index is 13.4. The van der Waals surface area contributed by atoms with Crippen LogP contribution in [0.2, 0.25) is 0 Å². The van der Waals surface area contributed by atoms with Crippen molar-refractivity contribution in [2.75, 3.05) is 16.8 Å². The Hall–Kier alpha value is -3.81. The van der Waals surface area contributed by atoms with Crippen LogP contribution >= 0.6 is 0 Å². The summed E-state index contributed by atoms with van der Waals surface area (Å²) in [5.41, 5.74) is 2.53. The van der Waals surface area contributed by atoms with Crippen molar-refractivity contribution in [3.8, 4) is 5.88 Å². The number of carbonyl (C=O) groups is 2. The van der Waals surface area contributed by atoms with Gasteiger partial charge in [-0.15, -0.1) is 0 Å². The Bertz CT molecular complexity index is 1180. The SMILES string of the molecule is CC1Oc2nc(N3C(=O)c4ccccc4C3c3ccc(F)nc3)ccc2N(C)C1=O. The molecule has 7 nitrogen and oxygen atoms in total. The van der Waals surface area contributed by atoms with Crippen LogP contribution in [0.15, 0.2) is 54.7 Å². The lowest BCUT2D eigenvalue weighted by Crippen LogP contribution is -2.42. The van der Waals surface area contributed by atoms with E-state index in [1.807, 2.05) is 12.1 Å². The average molecular weight is 404 g/mol. The van der Waals surface area contributed by atoms with Crippen molar-refractivity contribution in [3.63, 3.8) is 0 Å². The van der Waals surface area contributed by atoms with Gasteiger partial charge in [0.05, 0.1) is 6.04 Å². The van der Waals surface area contributed by atoms with Gasteiger partial charge in [0.15, 0.2) is 6.10 Å². The summed E-state index contributed by atoms with van der Waals surface area (Å²) in [5.74, 6) is -0.330. The van der Waals surface area contributed by atoms with E-state index in [4.69, 9.17) is 4.74 Å². The van der Waals surface area contributed by atoms with Crippen LogP contribution in [-0.4, -0.2) is 34.9 Å². The van der Waals surface area contributed by atoms with E-state index in [9.17, 15) is 14.0 Å². The van der Waals surface area contributed by atoms with Gasteiger partial charge in [0.2, 0.25) is 11.8 Å². The molecule has 0 fully saturated rings. The second kappa shape index (κ2) is 6.62. The lowest BCUT2D eigenvalue weighted by molar-refractivity contribution is -0.125. The zero-order valence-electron chi connectivity index (χ0n) is 16.2. The fourth-order valence-corrected chi connectivity index (χ4v) is 3.94. The van der Waals surface area contributed by atoms with E-state index in [-0.39, 0.29) is 17.7 Å². The Balaban J connectivity index is 1.64. The number of hydrogen-bond acceptors (Lipinski definition) is 5. The van der Waals surface area contributed by atoms with Gasteiger partial charge in [-0.3, -0.25) is 14.5 Å². The van der Waals surface area contributed by atoms with Crippen molar-refractivity contribution in [1.82, 2.24) is 9.97 Å². The predicted molar refractivity (Wildman–Crippen MR) is 107 cm³/mol. The number of likely N-dealkylation sites (N-methyl/N-ethyl adjacent to an activating group) is 1. The summed E-state index contributed by atoms with van der Waals surface area (Å²) in [5, 5.41) is 0. The van der Waals surface area contributed by atoms with Crippen LogP contribution in [0.3, 0.4) is 0 Å². The summed E-state index contributed by atoms with van der Waals surface area (Å²) < 4.78 is 19.1. The molecule has 30 heavy (non-hydrogen) atoms. The van der Waals surface area contributed by atoms with Crippen molar-refractivity contribution >= 4 is 23.3 Å². The van der Waals surface area contributed by atoms with Gasteiger partial charge in [0, 0.05) is 18.8 Å². The summed E-state index contributed by atoms with van der Waals surface area (Å²) in [6.07, 6.45) is 0.750. The van der Waals surface area contributed by atoms with E-state index >= 15 is 0 Å². The average Bonchev–Trinajstić information content (AvgIpc) is 3.05. The van der Waals surface area contributed by atoms with Crippen LogP contribution < -0.4 is 14.5 Å². The highest BCUT2D eigenvalue weighted by Gasteiger charge is 2.40. The molecule has 1 aromatic carbocycles. The van der Waals surface area contributed by atoms with Crippen LogP contribution in [0.1, 0.15) is 34.5 Å². The first kappa shape index (κ1) is 18.2. The standard InChI is InChI=1S/C22H17FN4O3/c1-12-21(28)26(2)16-8-10-18(25-20(16)30-12)27-19(13-7-9-17(23)24-11-13)14-5-3-4-6-15(14)22(27)29/h3-12,19H,1-2H3. The quantitative estimate of drug-likeness (QED) is 0.614. The molecule has 0 radical (unpaired) electrons. The van der Waals surface area contributed by atoms with E-state index < -0.39 is 18.1 Å². The van der Waals surface area contributed by atoms with Crippen molar-refractivity contribution in [2.24, 2.45) is 0 Å². The minimum atomic E-state index is -0.672. The number of benzene rings is 1. The number of rotatable bonds is 2. The van der Waals surface area contributed by atoms with Gasteiger partial charge in [0.1, 0.15) is 11.5 Å².